The van der Waals surface area contributed by atoms with Gasteiger partial charge in [-0.1, -0.05) is 6.42 Å². The second-order valence-corrected chi connectivity index (χ2v) is 5.16. The highest BCUT2D eigenvalue weighted by Gasteiger charge is 2.33. The van der Waals surface area contributed by atoms with Gasteiger partial charge in [0.05, 0.1) is 25.8 Å². The molecule has 2 fully saturated rings. The molecule has 1 atom stereocenters. The van der Waals surface area contributed by atoms with Crippen molar-refractivity contribution < 1.29 is 13.9 Å². The van der Waals surface area contributed by atoms with Gasteiger partial charge in [-0.3, -0.25) is 4.90 Å². The van der Waals surface area contributed by atoms with E-state index in [9.17, 15) is 0 Å². The molecule has 3 heterocycles. The molecule has 0 radical (unpaired) electrons. The van der Waals surface area contributed by atoms with Crippen molar-refractivity contribution in [2.24, 2.45) is 0 Å². The molecule has 0 saturated carbocycles. The molecular formula is C14H21NO3. The van der Waals surface area contributed by atoms with Crippen LogP contribution in [-0.2, 0) is 16.0 Å². The largest absolute Gasteiger partial charge is 0.465 e. The Kier molecular flexibility index (Phi) is 3.68. The van der Waals surface area contributed by atoms with Crippen LogP contribution in [-0.4, -0.2) is 37.0 Å². The van der Waals surface area contributed by atoms with E-state index in [1.165, 1.54) is 12.8 Å². The first kappa shape index (κ1) is 12.2. The summed E-state index contributed by atoms with van der Waals surface area (Å²) in [5, 5.41) is 0. The van der Waals surface area contributed by atoms with E-state index >= 15 is 0 Å². The molecule has 1 aromatic heterocycles. The molecule has 4 nitrogen and oxygen atoms in total. The Bertz CT molecular complexity index is 384. The summed E-state index contributed by atoms with van der Waals surface area (Å²) in [5.41, 5.74) is 0. The van der Waals surface area contributed by atoms with Crippen LogP contribution in [0, 0.1) is 6.92 Å². The van der Waals surface area contributed by atoms with Crippen molar-refractivity contribution in [3.63, 3.8) is 0 Å². The van der Waals surface area contributed by atoms with Gasteiger partial charge in [0, 0.05) is 0 Å². The predicted octanol–water partition coefficient (Wildman–Crippen LogP) is 2.32. The third kappa shape index (κ3) is 2.60. The third-order valence-electron chi connectivity index (χ3n) is 3.78. The van der Waals surface area contributed by atoms with Crippen LogP contribution in [0.4, 0.5) is 0 Å². The Hall–Kier alpha value is -0.840. The van der Waals surface area contributed by atoms with Crippen molar-refractivity contribution in [1.82, 2.24) is 4.90 Å². The summed E-state index contributed by atoms with van der Waals surface area (Å²) in [6.45, 7) is 5.42. The first-order valence-electron chi connectivity index (χ1n) is 6.85. The van der Waals surface area contributed by atoms with Crippen LogP contribution >= 0.6 is 0 Å². The average molecular weight is 251 g/mol. The fraction of sp³-hybridized carbons (Fsp3) is 0.714. The Morgan fingerprint density at radius 3 is 2.78 bits per heavy atom. The third-order valence-corrected chi connectivity index (χ3v) is 3.78. The number of hydrogen-bond acceptors (Lipinski definition) is 4. The molecule has 18 heavy (non-hydrogen) atoms. The summed E-state index contributed by atoms with van der Waals surface area (Å²) >= 11 is 0. The highest BCUT2D eigenvalue weighted by Crippen LogP contribution is 2.26. The Labute approximate surface area is 108 Å². The molecule has 3 rings (SSSR count). The van der Waals surface area contributed by atoms with E-state index in [0.717, 1.165) is 44.2 Å². The Morgan fingerprint density at radius 1 is 1.22 bits per heavy atom. The van der Waals surface area contributed by atoms with Crippen LogP contribution < -0.4 is 0 Å². The second kappa shape index (κ2) is 5.43. The quantitative estimate of drug-likeness (QED) is 0.825. The number of furan rings is 1. The molecule has 0 amide bonds. The number of hydrogen-bond donors (Lipinski definition) is 0. The maximum atomic E-state index is 5.67. The maximum absolute atomic E-state index is 5.67. The van der Waals surface area contributed by atoms with Crippen LogP contribution in [0.1, 0.15) is 30.8 Å². The highest BCUT2D eigenvalue weighted by atomic mass is 16.7. The molecule has 0 spiro atoms. The van der Waals surface area contributed by atoms with Crippen LogP contribution in [0.15, 0.2) is 16.5 Å². The van der Waals surface area contributed by atoms with Crippen molar-refractivity contribution in [2.75, 3.05) is 19.8 Å². The molecule has 100 valence electrons. The Balaban J connectivity index is 1.67. The van der Waals surface area contributed by atoms with Crippen LogP contribution in [0.25, 0.3) is 0 Å². The lowest BCUT2D eigenvalue weighted by Gasteiger charge is -2.37. The fourth-order valence-electron chi connectivity index (χ4n) is 2.89. The van der Waals surface area contributed by atoms with Gasteiger partial charge in [-0.2, -0.15) is 0 Å². The minimum Gasteiger partial charge on any atom is -0.465 e. The van der Waals surface area contributed by atoms with Gasteiger partial charge in [-0.15, -0.1) is 0 Å². The molecule has 0 N–H and O–H groups in total. The van der Waals surface area contributed by atoms with E-state index in [4.69, 9.17) is 13.9 Å². The molecule has 4 heteroatoms. The van der Waals surface area contributed by atoms with Gasteiger partial charge in [0.25, 0.3) is 0 Å². The summed E-state index contributed by atoms with van der Waals surface area (Å²) in [6, 6.07) is 4.47. The van der Waals surface area contributed by atoms with Gasteiger partial charge < -0.3 is 13.9 Å². The van der Waals surface area contributed by atoms with Crippen LogP contribution in [0.5, 0.6) is 0 Å². The lowest BCUT2D eigenvalue weighted by molar-refractivity contribution is -0.112. The van der Waals surface area contributed by atoms with Crippen molar-refractivity contribution in [1.29, 1.82) is 0 Å². The van der Waals surface area contributed by atoms with Crippen molar-refractivity contribution in [2.45, 2.75) is 45.1 Å². The number of piperidine rings is 1. The lowest BCUT2D eigenvalue weighted by atomic mass is 10.0. The molecule has 2 aliphatic rings. The maximum Gasteiger partial charge on any atom is 0.173 e. The molecular weight excluding hydrogens is 230 g/mol. The number of ether oxygens (including phenoxy) is 2. The minimum atomic E-state index is -0.0404. The molecule has 0 aromatic carbocycles. The first-order valence-corrected chi connectivity index (χ1v) is 6.85. The fourth-order valence-corrected chi connectivity index (χ4v) is 2.89. The normalized spacial score (nSPS) is 26.8. The number of aryl methyl sites for hydroxylation is 1. The molecule has 0 unspecified atom stereocenters. The van der Waals surface area contributed by atoms with Crippen LogP contribution in [0.2, 0.25) is 0 Å². The Morgan fingerprint density at radius 2 is 2.06 bits per heavy atom. The van der Waals surface area contributed by atoms with Crippen molar-refractivity contribution in [3.8, 4) is 0 Å². The highest BCUT2D eigenvalue weighted by molar-refractivity contribution is 5.06. The van der Waals surface area contributed by atoms with E-state index in [1.807, 2.05) is 13.0 Å². The lowest BCUT2D eigenvalue weighted by Crippen LogP contribution is -2.46. The topological polar surface area (TPSA) is 34.8 Å². The zero-order chi connectivity index (χ0) is 12.4. The van der Waals surface area contributed by atoms with Gasteiger partial charge in [0.1, 0.15) is 11.5 Å². The number of nitrogens with zero attached hydrogens (tertiary/aromatic N) is 1. The minimum absolute atomic E-state index is 0.0404. The van der Waals surface area contributed by atoms with Gasteiger partial charge in [0.2, 0.25) is 0 Å². The van der Waals surface area contributed by atoms with E-state index in [1.54, 1.807) is 0 Å². The monoisotopic (exact) mass is 251 g/mol. The van der Waals surface area contributed by atoms with E-state index in [0.29, 0.717) is 6.04 Å². The number of likely N-dealkylation sites (tertiary alicyclic amines) is 1. The van der Waals surface area contributed by atoms with E-state index < -0.39 is 0 Å². The van der Waals surface area contributed by atoms with Gasteiger partial charge >= 0.3 is 0 Å². The molecule has 0 aliphatic carbocycles. The molecule has 1 aromatic rings. The average Bonchev–Trinajstić information content (AvgIpc) is 3.02. The summed E-state index contributed by atoms with van der Waals surface area (Å²) in [7, 11) is 0. The zero-order valence-corrected chi connectivity index (χ0v) is 10.9. The number of rotatable bonds is 3. The van der Waals surface area contributed by atoms with Gasteiger partial charge in [0.15, 0.2) is 6.29 Å². The van der Waals surface area contributed by atoms with Gasteiger partial charge in [-0.05, 0) is 38.4 Å². The smallest absolute Gasteiger partial charge is 0.173 e. The van der Waals surface area contributed by atoms with Crippen molar-refractivity contribution >= 4 is 0 Å². The second-order valence-electron chi connectivity index (χ2n) is 5.16. The van der Waals surface area contributed by atoms with E-state index in [2.05, 4.69) is 11.0 Å². The summed E-state index contributed by atoms with van der Waals surface area (Å²) in [5.74, 6) is 2.02. The zero-order valence-electron chi connectivity index (χ0n) is 10.9. The van der Waals surface area contributed by atoms with Crippen molar-refractivity contribution in [3.05, 3.63) is 23.7 Å². The summed E-state index contributed by atoms with van der Waals surface area (Å²) < 4.78 is 17.0. The molecule has 0 bridgehead atoms. The summed E-state index contributed by atoms with van der Waals surface area (Å²) in [6.07, 6.45) is 3.64. The van der Waals surface area contributed by atoms with E-state index in [-0.39, 0.29) is 6.29 Å². The molecule has 2 saturated heterocycles. The predicted molar refractivity (Wildman–Crippen MR) is 67.2 cm³/mol. The standard InChI is InChI=1S/C14H21NO3/c1-11-5-6-12(18-11)10-15-7-3-2-4-13(15)14-16-8-9-17-14/h5-6,13-14H,2-4,7-10H2,1H3/t13-/m0/s1. The van der Waals surface area contributed by atoms with Gasteiger partial charge in [-0.25, -0.2) is 0 Å². The van der Waals surface area contributed by atoms with Crippen LogP contribution in [0.3, 0.4) is 0 Å². The SMILES string of the molecule is Cc1ccc(CN2CCCC[C@H]2C2OCCO2)o1. The summed E-state index contributed by atoms with van der Waals surface area (Å²) in [4.78, 5) is 2.44. The molecule has 2 aliphatic heterocycles. The first-order chi connectivity index (χ1) is 8.83.